The molecule has 1 saturated carbocycles. The lowest BCUT2D eigenvalue weighted by Crippen LogP contribution is -2.63. The van der Waals surface area contributed by atoms with Crippen LogP contribution in [0, 0.1) is 11.7 Å². The van der Waals surface area contributed by atoms with E-state index < -0.39 is 35.0 Å². The standard InChI is InChI=1S/C15H11FN2O4/c16-9-3-1-2-8-10(9)13(21)18(12(8)20)15-5-4-7(6-15)11(19)17-14(15)22/h1-3,7H,4-6H2,(H,17,19,22). The third-order valence-electron chi connectivity index (χ3n) is 4.81. The van der Waals surface area contributed by atoms with Crippen molar-refractivity contribution >= 4 is 23.6 Å². The van der Waals surface area contributed by atoms with Gasteiger partial charge in [-0.2, -0.15) is 0 Å². The molecule has 1 aliphatic carbocycles. The fourth-order valence-corrected chi connectivity index (χ4v) is 3.72. The molecule has 22 heavy (non-hydrogen) atoms. The highest BCUT2D eigenvalue weighted by Gasteiger charge is 2.61. The van der Waals surface area contributed by atoms with Gasteiger partial charge in [-0.15, -0.1) is 0 Å². The van der Waals surface area contributed by atoms with E-state index in [0.717, 1.165) is 11.0 Å². The molecule has 0 spiro atoms. The topological polar surface area (TPSA) is 83.6 Å². The van der Waals surface area contributed by atoms with E-state index in [9.17, 15) is 23.6 Å². The predicted molar refractivity (Wildman–Crippen MR) is 70.1 cm³/mol. The number of nitrogens with one attached hydrogen (secondary N) is 1. The molecule has 2 bridgehead atoms. The van der Waals surface area contributed by atoms with Crippen LogP contribution < -0.4 is 5.32 Å². The maximum Gasteiger partial charge on any atom is 0.265 e. The Kier molecular flexibility index (Phi) is 2.38. The average Bonchev–Trinajstić information content (AvgIpc) is 2.98. The third-order valence-corrected chi connectivity index (χ3v) is 4.81. The van der Waals surface area contributed by atoms with Crippen LogP contribution in [0.2, 0.25) is 0 Å². The van der Waals surface area contributed by atoms with Gasteiger partial charge >= 0.3 is 0 Å². The molecule has 6 nitrogen and oxygen atoms in total. The van der Waals surface area contributed by atoms with Crippen LogP contribution in [0.15, 0.2) is 18.2 Å². The maximum absolute atomic E-state index is 13.9. The van der Waals surface area contributed by atoms with Gasteiger partial charge in [0.25, 0.3) is 17.7 Å². The quantitative estimate of drug-likeness (QED) is 0.771. The zero-order valence-electron chi connectivity index (χ0n) is 11.4. The van der Waals surface area contributed by atoms with Crippen molar-refractivity contribution in [2.45, 2.75) is 24.8 Å². The molecule has 2 heterocycles. The van der Waals surface area contributed by atoms with Crippen molar-refractivity contribution in [3.8, 4) is 0 Å². The average molecular weight is 302 g/mol. The molecule has 2 unspecified atom stereocenters. The van der Waals surface area contributed by atoms with E-state index in [1.165, 1.54) is 12.1 Å². The highest BCUT2D eigenvalue weighted by Crippen LogP contribution is 2.45. The lowest BCUT2D eigenvalue weighted by atomic mass is 9.89. The first kappa shape index (κ1) is 13.1. The van der Waals surface area contributed by atoms with Crippen molar-refractivity contribution in [3.05, 3.63) is 35.1 Å². The van der Waals surface area contributed by atoms with Gasteiger partial charge in [-0.3, -0.25) is 29.4 Å². The Hall–Kier alpha value is -2.57. The van der Waals surface area contributed by atoms with Crippen molar-refractivity contribution in [2.75, 3.05) is 0 Å². The number of fused-ring (bicyclic) bond motifs is 3. The van der Waals surface area contributed by atoms with Crippen LogP contribution in [0.25, 0.3) is 0 Å². The summed E-state index contributed by atoms with van der Waals surface area (Å²) in [4.78, 5) is 49.9. The number of carbonyl (C=O) groups is 4. The van der Waals surface area contributed by atoms with Gasteiger partial charge in [-0.25, -0.2) is 4.39 Å². The number of carbonyl (C=O) groups excluding carboxylic acids is 4. The molecule has 1 saturated heterocycles. The number of rotatable bonds is 1. The lowest BCUT2D eigenvalue weighted by molar-refractivity contribution is -0.141. The van der Waals surface area contributed by atoms with E-state index in [1.54, 1.807) is 0 Å². The van der Waals surface area contributed by atoms with Crippen molar-refractivity contribution in [3.63, 3.8) is 0 Å². The van der Waals surface area contributed by atoms with E-state index in [0.29, 0.717) is 6.42 Å². The summed E-state index contributed by atoms with van der Waals surface area (Å²) in [5, 5.41) is 2.22. The highest BCUT2D eigenvalue weighted by molar-refractivity contribution is 6.24. The fraction of sp³-hybridized carbons (Fsp3) is 0.333. The second-order valence-electron chi connectivity index (χ2n) is 5.90. The minimum atomic E-state index is -1.38. The van der Waals surface area contributed by atoms with Crippen LogP contribution in [-0.2, 0) is 9.59 Å². The molecule has 1 N–H and O–H groups in total. The van der Waals surface area contributed by atoms with Gasteiger partial charge in [0.15, 0.2) is 0 Å². The second kappa shape index (κ2) is 4.00. The van der Waals surface area contributed by atoms with Crippen LogP contribution in [0.3, 0.4) is 0 Å². The minimum absolute atomic E-state index is 0.0347. The first-order chi connectivity index (χ1) is 10.5. The normalized spacial score (nSPS) is 29.9. The van der Waals surface area contributed by atoms with E-state index in [2.05, 4.69) is 5.32 Å². The van der Waals surface area contributed by atoms with Crippen molar-refractivity contribution < 1.29 is 23.6 Å². The predicted octanol–water partition coefficient (Wildman–Crippen LogP) is 0.617. The summed E-state index contributed by atoms with van der Waals surface area (Å²) in [7, 11) is 0. The van der Waals surface area contributed by atoms with Gasteiger partial charge in [0.2, 0.25) is 5.91 Å². The maximum atomic E-state index is 13.9. The SMILES string of the molecule is O=C1NC(=O)C2(N3C(=O)c4cccc(F)c4C3=O)CCC1C2. The van der Waals surface area contributed by atoms with Crippen LogP contribution >= 0.6 is 0 Å². The van der Waals surface area contributed by atoms with Gasteiger partial charge in [0.1, 0.15) is 11.4 Å². The summed E-state index contributed by atoms with van der Waals surface area (Å²) < 4.78 is 13.9. The van der Waals surface area contributed by atoms with Gasteiger partial charge in [0, 0.05) is 5.92 Å². The Bertz CT molecular complexity index is 775. The van der Waals surface area contributed by atoms with Gasteiger partial charge in [-0.1, -0.05) is 6.07 Å². The molecule has 2 aliphatic heterocycles. The molecule has 112 valence electrons. The molecule has 4 amide bonds. The van der Waals surface area contributed by atoms with Crippen molar-refractivity contribution in [1.29, 1.82) is 0 Å². The molecule has 1 aromatic carbocycles. The van der Waals surface area contributed by atoms with Crippen molar-refractivity contribution in [1.82, 2.24) is 10.2 Å². The number of halogens is 1. The molecule has 2 fully saturated rings. The first-order valence-corrected chi connectivity index (χ1v) is 6.98. The first-order valence-electron chi connectivity index (χ1n) is 6.98. The van der Waals surface area contributed by atoms with E-state index >= 15 is 0 Å². The summed E-state index contributed by atoms with van der Waals surface area (Å²) in [6.45, 7) is 0. The molecular formula is C15H11FN2O4. The largest absolute Gasteiger partial charge is 0.294 e. The molecule has 7 heteroatoms. The van der Waals surface area contributed by atoms with Gasteiger partial charge in [-0.05, 0) is 31.4 Å². The van der Waals surface area contributed by atoms with Gasteiger partial charge in [0.05, 0.1) is 11.1 Å². The summed E-state index contributed by atoms with van der Waals surface area (Å²) in [5.74, 6) is -3.68. The highest BCUT2D eigenvalue weighted by atomic mass is 19.1. The molecule has 2 atom stereocenters. The van der Waals surface area contributed by atoms with Crippen LogP contribution in [0.1, 0.15) is 40.0 Å². The molecule has 3 aliphatic rings. The molecule has 0 aromatic heterocycles. The number of piperidine rings is 1. The van der Waals surface area contributed by atoms with Crippen LogP contribution in [0.5, 0.6) is 0 Å². The smallest absolute Gasteiger partial charge is 0.265 e. The summed E-state index contributed by atoms with van der Waals surface area (Å²) in [6, 6.07) is 3.82. The Morgan fingerprint density at radius 1 is 1.18 bits per heavy atom. The number of nitrogens with zero attached hydrogens (tertiary/aromatic N) is 1. The summed E-state index contributed by atoms with van der Waals surface area (Å²) >= 11 is 0. The Labute approximate surface area is 124 Å². The fourth-order valence-electron chi connectivity index (χ4n) is 3.72. The summed E-state index contributed by atoms with van der Waals surface area (Å²) in [5.41, 5.74) is -1.71. The molecule has 0 radical (unpaired) electrons. The number of benzene rings is 1. The number of amides is 4. The van der Waals surface area contributed by atoms with Crippen LogP contribution in [-0.4, -0.2) is 34.1 Å². The van der Waals surface area contributed by atoms with Gasteiger partial charge < -0.3 is 0 Å². The molecule has 1 aromatic rings. The van der Waals surface area contributed by atoms with Crippen molar-refractivity contribution in [2.24, 2.45) is 5.92 Å². The Morgan fingerprint density at radius 3 is 2.68 bits per heavy atom. The Morgan fingerprint density at radius 2 is 1.95 bits per heavy atom. The number of hydrogen-bond donors (Lipinski definition) is 1. The van der Waals surface area contributed by atoms with E-state index in [4.69, 9.17) is 0 Å². The molecule has 4 rings (SSSR count). The van der Waals surface area contributed by atoms with E-state index in [1.807, 2.05) is 0 Å². The summed E-state index contributed by atoms with van der Waals surface area (Å²) in [6.07, 6.45) is 0.764. The zero-order chi connectivity index (χ0) is 15.6. The monoisotopic (exact) mass is 302 g/mol. The third kappa shape index (κ3) is 1.38. The second-order valence-corrected chi connectivity index (χ2v) is 5.90. The Balaban J connectivity index is 1.84. The minimum Gasteiger partial charge on any atom is -0.294 e. The molecular weight excluding hydrogens is 291 g/mol. The van der Waals surface area contributed by atoms with E-state index in [-0.39, 0.29) is 29.9 Å². The number of imide groups is 2. The lowest BCUT2D eigenvalue weighted by Gasteiger charge is -2.37. The van der Waals surface area contributed by atoms with Crippen LogP contribution in [0.4, 0.5) is 4.39 Å². The zero-order valence-corrected chi connectivity index (χ0v) is 11.4. The number of hydrogen-bond acceptors (Lipinski definition) is 4.